The number of benzene rings is 2. The number of anilines is 1. The summed E-state index contributed by atoms with van der Waals surface area (Å²) >= 11 is 1.41. The highest BCUT2D eigenvalue weighted by molar-refractivity contribution is 8.00. The van der Waals surface area contributed by atoms with Crippen molar-refractivity contribution in [1.82, 2.24) is 0 Å². The number of nitrogens with one attached hydrogen (secondary N) is 1. The van der Waals surface area contributed by atoms with Gasteiger partial charge < -0.3 is 5.32 Å². The summed E-state index contributed by atoms with van der Waals surface area (Å²) < 4.78 is 12.8. The van der Waals surface area contributed by atoms with Crippen LogP contribution in [0.25, 0.3) is 0 Å². The Labute approximate surface area is 122 Å². The van der Waals surface area contributed by atoms with Gasteiger partial charge in [-0.2, -0.15) is 0 Å². The summed E-state index contributed by atoms with van der Waals surface area (Å²) in [5, 5.41) is 2.66. The minimum absolute atomic E-state index is 0.0615. The minimum atomic E-state index is -0.272. The highest BCUT2D eigenvalue weighted by Crippen LogP contribution is 2.24. The van der Waals surface area contributed by atoms with Crippen molar-refractivity contribution in [3.05, 3.63) is 59.9 Å². The first kappa shape index (κ1) is 14.6. The molecule has 1 N–H and O–H groups in total. The lowest BCUT2D eigenvalue weighted by molar-refractivity contribution is -0.115. The number of carbonyl (C=O) groups is 1. The van der Waals surface area contributed by atoms with Crippen LogP contribution in [0.2, 0.25) is 0 Å². The van der Waals surface area contributed by atoms with Crippen LogP contribution in [0.15, 0.2) is 53.4 Å². The van der Waals surface area contributed by atoms with Crippen molar-refractivity contribution in [2.75, 3.05) is 5.32 Å². The molecule has 4 heteroatoms. The summed E-state index contributed by atoms with van der Waals surface area (Å²) in [7, 11) is 0. The lowest BCUT2D eigenvalue weighted by atomic mass is 10.2. The van der Waals surface area contributed by atoms with Crippen molar-refractivity contribution in [3.8, 4) is 0 Å². The van der Waals surface area contributed by atoms with Gasteiger partial charge in [-0.3, -0.25) is 4.79 Å². The number of thioether (sulfide) groups is 1. The second-order valence-electron chi connectivity index (χ2n) is 4.52. The Morgan fingerprint density at radius 1 is 1.15 bits per heavy atom. The maximum atomic E-state index is 12.8. The van der Waals surface area contributed by atoms with Gasteiger partial charge in [-0.15, -0.1) is 11.8 Å². The molecule has 104 valence electrons. The normalized spacial score (nSPS) is 11.9. The monoisotopic (exact) mass is 289 g/mol. The number of halogens is 1. The van der Waals surface area contributed by atoms with Crippen molar-refractivity contribution >= 4 is 23.4 Å². The molecule has 1 atom stereocenters. The molecular formula is C16H16FNOS. The molecule has 0 saturated heterocycles. The van der Waals surface area contributed by atoms with Gasteiger partial charge in [-0.05, 0) is 49.7 Å². The smallest absolute Gasteiger partial charge is 0.237 e. The quantitative estimate of drug-likeness (QED) is 0.852. The molecular weight excluding hydrogens is 273 g/mol. The van der Waals surface area contributed by atoms with Crippen LogP contribution < -0.4 is 5.32 Å². The van der Waals surface area contributed by atoms with Crippen molar-refractivity contribution in [3.63, 3.8) is 0 Å². The Hall–Kier alpha value is -1.81. The van der Waals surface area contributed by atoms with E-state index in [4.69, 9.17) is 0 Å². The Balaban J connectivity index is 1.99. The van der Waals surface area contributed by atoms with Crippen molar-refractivity contribution in [1.29, 1.82) is 0 Å². The zero-order valence-electron chi connectivity index (χ0n) is 11.4. The molecule has 0 radical (unpaired) electrons. The summed E-state index contributed by atoms with van der Waals surface area (Å²) in [5.41, 5.74) is 1.85. The fraction of sp³-hybridized carbons (Fsp3) is 0.188. The Kier molecular flexibility index (Phi) is 4.79. The first-order valence-corrected chi connectivity index (χ1v) is 7.23. The molecule has 2 rings (SSSR count). The SMILES string of the molecule is Cc1ccccc1NC(=O)C(C)Sc1ccc(F)cc1. The van der Waals surface area contributed by atoms with E-state index in [0.717, 1.165) is 16.1 Å². The summed E-state index contributed by atoms with van der Waals surface area (Å²) in [6.45, 7) is 3.79. The number of carbonyl (C=O) groups excluding carboxylic acids is 1. The topological polar surface area (TPSA) is 29.1 Å². The number of rotatable bonds is 4. The highest BCUT2D eigenvalue weighted by Gasteiger charge is 2.15. The molecule has 2 aromatic carbocycles. The molecule has 0 heterocycles. The summed E-state index contributed by atoms with van der Waals surface area (Å²) in [4.78, 5) is 13.0. The molecule has 0 spiro atoms. The van der Waals surface area contributed by atoms with Gasteiger partial charge in [0.15, 0.2) is 0 Å². The molecule has 1 amide bonds. The third-order valence-corrected chi connectivity index (χ3v) is 4.01. The molecule has 20 heavy (non-hydrogen) atoms. The lowest BCUT2D eigenvalue weighted by Gasteiger charge is -2.13. The second kappa shape index (κ2) is 6.57. The van der Waals surface area contributed by atoms with E-state index in [1.807, 2.05) is 38.1 Å². The lowest BCUT2D eigenvalue weighted by Crippen LogP contribution is -2.22. The van der Waals surface area contributed by atoms with E-state index in [1.165, 1.54) is 23.9 Å². The Morgan fingerprint density at radius 2 is 1.80 bits per heavy atom. The van der Waals surface area contributed by atoms with Gasteiger partial charge in [0.1, 0.15) is 5.82 Å². The molecule has 0 bridgehead atoms. The van der Waals surface area contributed by atoms with Crippen LogP contribution in [0.5, 0.6) is 0 Å². The van der Waals surface area contributed by atoms with Gasteiger partial charge in [0.2, 0.25) is 5.91 Å². The van der Waals surface area contributed by atoms with Crippen LogP contribution in [0.1, 0.15) is 12.5 Å². The first-order valence-electron chi connectivity index (χ1n) is 6.35. The van der Waals surface area contributed by atoms with Crippen molar-refractivity contribution in [2.45, 2.75) is 24.0 Å². The van der Waals surface area contributed by atoms with Gasteiger partial charge in [-0.25, -0.2) is 4.39 Å². The number of para-hydroxylation sites is 1. The fourth-order valence-electron chi connectivity index (χ4n) is 1.72. The molecule has 0 aliphatic carbocycles. The van der Waals surface area contributed by atoms with Crippen molar-refractivity contribution in [2.24, 2.45) is 0 Å². The van der Waals surface area contributed by atoms with Gasteiger partial charge in [0.25, 0.3) is 0 Å². The largest absolute Gasteiger partial charge is 0.325 e. The van der Waals surface area contributed by atoms with Crippen LogP contribution in [0.4, 0.5) is 10.1 Å². The molecule has 0 fully saturated rings. The predicted octanol–water partition coefficient (Wildman–Crippen LogP) is 4.25. The third kappa shape index (κ3) is 3.84. The molecule has 1 unspecified atom stereocenters. The molecule has 0 aliphatic heterocycles. The second-order valence-corrected chi connectivity index (χ2v) is 5.93. The first-order chi connectivity index (χ1) is 9.56. The summed E-state index contributed by atoms with van der Waals surface area (Å²) in [5.74, 6) is -0.333. The van der Waals surface area contributed by atoms with Gasteiger partial charge >= 0.3 is 0 Å². The summed E-state index contributed by atoms with van der Waals surface area (Å²) in [6, 6.07) is 13.8. The van der Waals surface area contributed by atoms with E-state index in [1.54, 1.807) is 12.1 Å². The van der Waals surface area contributed by atoms with E-state index in [0.29, 0.717) is 0 Å². The number of hydrogen-bond donors (Lipinski definition) is 1. The fourth-order valence-corrected chi connectivity index (χ4v) is 2.59. The maximum absolute atomic E-state index is 12.8. The summed E-state index contributed by atoms with van der Waals surface area (Å²) in [6.07, 6.45) is 0. The van der Waals surface area contributed by atoms with Crippen molar-refractivity contribution < 1.29 is 9.18 Å². The molecule has 0 saturated carbocycles. The number of aryl methyl sites for hydroxylation is 1. The standard InChI is InChI=1S/C16H16FNOS/c1-11-5-3-4-6-15(11)18-16(19)12(2)20-14-9-7-13(17)8-10-14/h3-10,12H,1-2H3,(H,18,19). The zero-order valence-corrected chi connectivity index (χ0v) is 12.2. The van der Waals surface area contributed by atoms with Gasteiger partial charge in [0.05, 0.1) is 5.25 Å². The molecule has 0 aliphatic rings. The number of amides is 1. The highest BCUT2D eigenvalue weighted by atomic mass is 32.2. The van der Waals surface area contributed by atoms with Crippen LogP contribution in [-0.2, 0) is 4.79 Å². The van der Waals surface area contributed by atoms with E-state index in [9.17, 15) is 9.18 Å². The minimum Gasteiger partial charge on any atom is -0.325 e. The van der Waals surface area contributed by atoms with E-state index >= 15 is 0 Å². The Morgan fingerprint density at radius 3 is 2.45 bits per heavy atom. The van der Waals surface area contributed by atoms with E-state index in [-0.39, 0.29) is 17.0 Å². The average molecular weight is 289 g/mol. The van der Waals surface area contributed by atoms with E-state index in [2.05, 4.69) is 5.32 Å². The van der Waals surface area contributed by atoms with Crippen LogP contribution in [0, 0.1) is 12.7 Å². The van der Waals surface area contributed by atoms with E-state index < -0.39 is 0 Å². The van der Waals surface area contributed by atoms with Crippen LogP contribution >= 0.6 is 11.8 Å². The van der Waals surface area contributed by atoms with Crippen LogP contribution in [0.3, 0.4) is 0 Å². The van der Waals surface area contributed by atoms with Gasteiger partial charge in [-0.1, -0.05) is 18.2 Å². The van der Waals surface area contributed by atoms with Crippen LogP contribution in [-0.4, -0.2) is 11.2 Å². The molecule has 2 nitrogen and oxygen atoms in total. The average Bonchev–Trinajstić information content (AvgIpc) is 2.44. The van der Waals surface area contributed by atoms with Gasteiger partial charge in [0, 0.05) is 10.6 Å². The number of hydrogen-bond acceptors (Lipinski definition) is 2. The predicted molar refractivity (Wildman–Crippen MR) is 81.5 cm³/mol. The maximum Gasteiger partial charge on any atom is 0.237 e. The Bertz CT molecular complexity index is 598. The zero-order chi connectivity index (χ0) is 14.5. The molecule has 0 aromatic heterocycles. The molecule has 2 aromatic rings. The third-order valence-electron chi connectivity index (χ3n) is 2.90.